The van der Waals surface area contributed by atoms with Gasteiger partial charge in [-0.3, -0.25) is 9.59 Å². The van der Waals surface area contributed by atoms with Gasteiger partial charge in [0.1, 0.15) is 5.82 Å². The molecule has 1 aromatic rings. The van der Waals surface area contributed by atoms with Gasteiger partial charge in [-0.2, -0.15) is 0 Å². The minimum Gasteiger partial charge on any atom is -0.469 e. The third kappa shape index (κ3) is 7.70. The Labute approximate surface area is 128 Å². The van der Waals surface area contributed by atoms with Crippen molar-refractivity contribution in [3.8, 4) is 0 Å². The second-order valence-corrected chi connectivity index (χ2v) is 6.06. The zero-order chi connectivity index (χ0) is 15.7. The van der Waals surface area contributed by atoms with Gasteiger partial charge in [-0.1, -0.05) is 19.1 Å². The van der Waals surface area contributed by atoms with Gasteiger partial charge in [-0.15, -0.1) is 11.8 Å². The molecular weight excluding hydrogens is 293 g/mol. The van der Waals surface area contributed by atoms with Crippen LogP contribution < -0.4 is 5.32 Å². The topological polar surface area (TPSA) is 55.4 Å². The van der Waals surface area contributed by atoms with Crippen LogP contribution in [0.2, 0.25) is 0 Å². The molecule has 1 N–H and O–H groups in total. The molecular formula is C15H20FNO3S. The van der Waals surface area contributed by atoms with Gasteiger partial charge in [0.2, 0.25) is 5.91 Å². The minimum absolute atomic E-state index is 0.0419. The molecule has 0 saturated carbocycles. The van der Waals surface area contributed by atoms with Crippen molar-refractivity contribution in [3.05, 3.63) is 35.6 Å². The zero-order valence-corrected chi connectivity index (χ0v) is 13.0. The van der Waals surface area contributed by atoms with Crippen LogP contribution in [0.5, 0.6) is 0 Å². The largest absolute Gasteiger partial charge is 0.469 e. The number of carbonyl (C=O) groups is 2. The first-order chi connectivity index (χ1) is 10.0. The molecule has 0 aliphatic rings. The van der Waals surface area contributed by atoms with Crippen molar-refractivity contribution in [1.82, 2.24) is 5.32 Å². The van der Waals surface area contributed by atoms with E-state index in [9.17, 15) is 14.0 Å². The van der Waals surface area contributed by atoms with E-state index >= 15 is 0 Å². The lowest BCUT2D eigenvalue weighted by Gasteiger charge is -2.10. The standard InChI is InChI=1S/C15H20FNO3S/c1-11(9-15(19)20-2)21-10-14(18)17-8-7-12-3-5-13(16)6-4-12/h3-6,11H,7-10H2,1-2H3,(H,17,18). The van der Waals surface area contributed by atoms with Crippen LogP contribution in [0.3, 0.4) is 0 Å². The van der Waals surface area contributed by atoms with Gasteiger partial charge in [0.25, 0.3) is 0 Å². The van der Waals surface area contributed by atoms with Crippen molar-refractivity contribution in [2.24, 2.45) is 0 Å². The molecule has 1 aromatic carbocycles. The molecule has 6 heteroatoms. The summed E-state index contributed by atoms with van der Waals surface area (Å²) in [5.74, 6) is -0.300. The maximum absolute atomic E-state index is 12.7. The first-order valence-corrected chi connectivity index (χ1v) is 7.75. The summed E-state index contributed by atoms with van der Waals surface area (Å²) in [4.78, 5) is 22.7. The summed E-state index contributed by atoms with van der Waals surface area (Å²) in [5.41, 5.74) is 0.975. The van der Waals surface area contributed by atoms with Crippen LogP contribution in [0.4, 0.5) is 4.39 Å². The Morgan fingerprint density at radius 3 is 2.62 bits per heavy atom. The van der Waals surface area contributed by atoms with E-state index in [0.29, 0.717) is 25.1 Å². The van der Waals surface area contributed by atoms with E-state index in [4.69, 9.17) is 0 Å². The summed E-state index contributed by atoms with van der Waals surface area (Å²) in [5, 5.41) is 2.84. The Bertz CT molecular complexity index is 464. The molecule has 0 aromatic heterocycles. The number of hydrogen-bond acceptors (Lipinski definition) is 4. The number of esters is 1. The SMILES string of the molecule is COC(=O)CC(C)SCC(=O)NCCc1ccc(F)cc1. The highest BCUT2D eigenvalue weighted by atomic mass is 32.2. The number of ether oxygens (including phenoxy) is 1. The summed E-state index contributed by atoms with van der Waals surface area (Å²) in [7, 11) is 1.35. The fourth-order valence-electron chi connectivity index (χ4n) is 1.64. The van der Waals surface area contributed by atoms with Crippen molar-refractivity contribution in [2.45, 2.75) is 25.0 Å². The quantitative estimate of drug-likeness (QED) is 0.747. The van der Waals surface area contributed by atoms with E-state index in [0.717, 1.165) is 5.56 Å². The normalized spacial score (nSPS) is 11.8. The number of rotatable bonds is 8. The van der Waals surface area contributed by atoms with E-state index in [1.807, 2.05) is 6.92 Å². The third-order valence-electron chi connectivity index (χ3n) is 2.83. The number of hydrogen-bond donors (Lipinski definition) is 1. The molecule has 116 valence electrons. The van der Waals surface area contributed by atoms with Crippen LogP contribution in [0.1, 0.15) is 18.9 Å². The lowest BCUT2D eigenvalue weighted by Crippen LogP contribution is -2.28. The monoisotopic (exact) mass is 313 g/mol. The van der Waals surface area contributed by atoms with Crippen molar-refractivity contribution in [2.75, 3.05) is 19.4 Å². The number of halogens is 1. The molecule has 0 aliphatic heterocycles. The van der Waals surface area contributed by atoms with Crippen LogP contribution in [0, 0.1) is 5.82 Å². The number of methoxy groups -OCH3 is 1. The molecule has 21 heavy (non-hydrogen) atoms. The summed E-state index contributed by atoms with van der Waals surface area (Å²) in [6.07, 6.45) is 0.957. The highest BCUT2D eigenvalue weighted by Crippen LogP contribution is 2.14. The minimum atomic E-state index is -0.272. The lowest BCUT2D eigenvalue weighted by molar-refractivity contribution is -0.140. The Balaban J connectivity index is 2.16. The van der Waals surface area contributed by atoms with Crippen molar-refractivity contribution < 1.29 is 18.7 Å². The van der Waals surface area contributed by atoms with Crippen LogP contribution in [0.15, 0.2) is 24.3 Å². The smallest absolute Gasteiger partial charge is 0.306 e. The summed E-state index contributed by atoms with van der Waals surface area (Å²) >= 11 is 1.41. The molecule has 0 spiro atoms. The van der Waals surface area contributed by atoms with E-state index in [1.54, 1.807) is 12.1 Å². The van der Waals surface area contributed by atoms with Gasteiger partial charge in [-0.05, 0) is 24.1 Å². The van der Waals surface area contributed by atoms with Crippen LogP contribution in [0.25, 0.3) is 0 Å². The third-order valence-corrected chi connectivity index (χ3v) is 3.99. The summed E-state index contributed by atoms with van der Waals surface area (Å²) < 4.78 is 17.3. The van der Waals surface area contributed by atoms with E-state index in [1.165, 1.54) is 31.0 Å². The predicted octanol–water partition coefficient (Wildman–Crippen LogP) is 2.17. The number of nitrogens with one attached hydrogen (secondary N) is 1. The van der Waals surface area contributed by atoms with E-state index in [-0.39, 0.29) is 22.9 Å². The molecule has 1 amide bonds. The van der Waals surface area contributed by atoms with Gasteiger partial charge < -0.3 is 10.1 Å². The maximum atomic E-state index is 12.7. The Kier molecular flexibility index (Phi) is 7.82. The zero-order valence-electron chi connectivity index (χ0n) is 12.2. The molecule has 4 nitrogen and oxygen atoms in total. The highest BCUT2D eigenvalue weighted by molar-refractivity contribution is 8.00. The molecule has 1 rings (SSSR count). The van der Waals surface area contributed by atoms with Crippen molar-refractivity contribution in [1.29, 1.82) is 0 Å². The van der Waals surface area contributed by atoms with Crippen molar-refractivity contribution in [3.63, 3.8) is 0 Å². The molecule has 1 atom stereocenters. The van der Waals surface area contributed by atoms with E-state index in [2.05, 4.69) is 10.1 Å². The Hall–Kier alpha value is -1.56. The van der Waals surface area contributed by atoms with E-state index < -0.39 is 0 Å². The first kappa shape index (κ1) is 17.5. The predicted molar refractivity (Wildman–Crippen MR) is 81.7 cm³/mol. The molecule has 0 bridgehead atoms. The van der Waals surface area contributed by atoms with Gasteiger partial charge >= 0.3 is 5.97 Å². The fourth-order valence-corrected chi connectivity index (χ4v) is 2.44. The van der Waals surface area contributed by atoms with Gasteiger partial charge in [-0.25, -0.2) is 4.39 Å². The molecule has 0 saturated heterocycles. The number of carbonyl (C=O) groups excluding carboxylic acids is 2. The molecule has 0 radical (unpaired) electrons. The number of thioether (sulfide) groups is 1. The lowest BCUT2D eigenvalue weighted by atomic mass is 10.1. The molecule has 0 fully saturated rings. The Morgan fingerprint density at radius 2 is 2.00 bits per heavy atom. The average molecular weight is 313 g/mol. The van der Waals surface area contributed by atoms with Gasteiger partial charge in [0.05, 0.1) is 19.3 Å². The average Bonchev–Trinajstić information content (AvgIpc) is 2.47. The first-order valence-electron chi connectivity index (χ1n) is 6.71. The van der Waals surface area contributed by atoms with Crippen LogP contribution in [-0.4, -0.2) is 36.5 Å². The Morgan fingerprint density at radius 1 is 1.33 bits per heavy atom. The highest BCUT2D eigenvalue weighted by Gasteiger charge is 2.11. The maximum Gasteiger partial charge on any atom is 0.306 e. The molecule has 0 aliphatic carbocycles. The second-order valence-electron chi connectivity index (χ2n) is 4.63. The van der Waals surface area contributed by atoms with Crippen LogP contribution >= 0.6 is 11.8 Å². The molecule has 0 heterocycles. The van der Waals surface area contributed by atoms with Gasteiger partial charge in [0, 0.05) is 11.8 Å². The molecule has 1 unspecified atom stereocenters. The number of amides is 1. The number of benzene rings is 1. The fraction of sp³-hybridized carbons (Fsp3) is 0.467. The van der Waals surface area contributed by atoms with Gasteiger partial charge in [0.15, 0.2) is 0 Å². The summed E-state index contributed by atoms with van der Waals surface area (Å²) in [6.45, 7) is 2.39. The second kappa shape index (κ2) is 9.39. The summed E-state index contributed by atoms with van der Waals surface area (Å²) in [6, 6.07) is 6.21. The van der Waals surface area contributed by atoms with Crippen molar-refractivity contribution >= 4 is 23.6 Å². The van der Waals surface area contributed by atoms with Crippen LogP contribution in [-0.2, 0) is 20.7 Å².